The lowest BCUT2D eigenvalue weighted by Crippen LogP contribution is -2.12. The second-order valence-electron chi connectivity index (χ2n) is 4.94. The highest BCUT2D eigenvalue weighted by molar-refractivity contribution is 6.03. The van der Waals surface area contributed by atoms with Crippen LogP contribution in [0.25, 0.3) is 10.8 Å². The van der Waals surface area contributed by atoms with Crippen molar-refractivity contribution in [3.63, 3.8) is 0 Å². The molecule has 0 spiro atoms. The average molecular weight is 368 g/mol. The van der Waals surface area contributed by atoms with Crippen LogP contribution in [0.4, 0.5) is 0 Å². The third-order valence-corrected chi connectivity index (χ3v) is 3.35. The summed E-state index contributed by atoms with van der Waals surface area (Å²) in [5, 5.41) is 0.724. The molecule has 2 aromatic carbocycles. The zero-order valence-corrected chi connectivity index (χ0v) is 14.5. The van der Waals surface area contributed by atoms with Gasteiger partial charge in [0.05, 0.1) is 7.11 Å². The molecule has 138 valence electrons. The Labute approximate surface area is 155 Å². The zero-order valence-electron chi connectivity index (χ0n) is 14.5. The Morgan fingerprint density at radius 2 is 1.07 bits per heavy atom. The molecule has 0 unspecified atom stereocenters. The van der Waals surface area contributed by atoms with E-state index in [1.54, 1.807) is 24.3 Å². The van der Waals surface area contributed by atoms with Gasteiger partial charge in [0.1, 0.15) is 0 Å². The van der Waals surface area contributed by atoms with Gasteiger partial charge in [-0.05, 0) is 0 Å². The van der Waals surface area contributed by atoms with Gasteiger partial charge in [-0.3, -0.25) is 0 Å². The van der Waals surface area contributed by atoms with E-state index in [1.165, 1.54) is 7.11 Å². The van der Waals surface area contributed by atoms with Gasteiger partial charge in [0.2, 0.25) is 11.5 Å². The van der Waals surface area contributed by atoms with Gasteiger partial charge in [-0.2, -0.15) is 0 Å². The number of hydrogen-bond acceptors (Lipinski definition) is 7. The normalized spacial score (nSPS) is 9.81. The summed E-state index contributed by atoms with van der Waals surface area (Å²) >= 11 is 0. The summed E-state index contributed by atoms with van der Waals surface area (Å²) in [6.45, 7) is 10.0. The van der Waals surface area contributed by atoms with E-state index in [0.29, 0.717) is 10.8 Å². The number of carbonyl (C=O) groups excluding carboxylic acids is 3. The molecule has 0 saturated carbocycles. The summed E-state index contributed by atoms with van der Waals surface area (Å²) in [6, 6.07) is 6.56. The van der Waals surface area contributed by atoms with Gasteiger partial charge in [0, 0.05) is 29.0 Å². The van der Waals surface area contributed by atoms with Crippen LogP contribution in [0.2, 0.25) is 0 Å². The van der Waals surface area contributed by atoms with Crippen molar-refractivity contribution < 1.29 is 33.3 Å². The molecule has 0 bridgehead atoms. The number of benzene rings is 2. The molecule has 27 heavy (non-hydrogen) atoms. The SMILES string of the molecule is C=CC(=O)Oc1c(OC)c(OC(=O)C=C)c2ccccc2c1OC(=O)C=C. The number of carbonyl (C=O) groups is 3. The van der Waals surface area contributed by atoms with Gasteiger partial charge in [-0.1, -0.05) is 44.0 Å². The Morgan fingerprint density at radius 3 is 1.44 bits per heavy atom. The number of fused-ring (bicyclic) bond motifs is 1. The first-order valence-electron chi connectivity index (χ1n) is 7.62. The van der Waals surface area contributed by atoms with E-state index in [2.05, 4.69) is 19.7 Å². The maximum atomic E-state index is 11.8. The fraction of sp³-hybridized carbons (Fsp3) is 0.0500. The molecule has 0 aromatic heterocycles. The Morgan fingerprint density at radius 1 is 0.704 bits per heavy atom. The highest BCUT2D eigenvalue weighted by Gasteiger charge is 2.27. The minimum atomic E-state index is -0.833. The van der Waals surface area contributed by atoms with Crippen LogP contribution in [0.15, 0.2) is 62.2 Å². The lowest BCUT2D eigenvalue weighted by atomic mass is 10.1. The molecule has 0 aliphatic heterocycles. The van der Waals surface area contributed by atoms with Crippen LogP contribution >= 0.6 is 0 Å². The second-order valence-corrected chi connectivity index (χ2v) is 4.94. The highest BCUT2D eigenvalue weighted by atomic mass is 16.6. The molecular weight excluding hydrogens is 352 g/mol. The quantitative estimate of drug-likeness (QED) is 0.421. The van der Waals surface area contributed by atoms with E-state index in [9.17, 15) is 14.4 Å². The van der Waals surface area contributed by atoms with Crippen LogP contribution in [0.1, 0.15) is 0 Å². The van der Waals surface area contributed by atoms with Crippen LogP contribution < -0.4 is 18.9 Å². The van der Waals surface area contributed by atoms with Crippen molar-refractivity contribution in [2.24, 2.45) is 0 Å². The second kappa shape index (κ2) is 8.48. The van der Waals surface area contributed by atoms with E-state index in [4.69, 9.17) is 18.9 Å². The fourth-order valence-electron chi connectivity index (χ4n) is 2.24. The maximum absolute atomic E-state index is 11.8. The summed E-state index contributed by atoms with van der Waals surface area (Å²) in [6.07, 6.45) is 2.84. The summed E-state index contributed by atoms with van der Waals surface area (Å²) in [5.41, 5.74) is 0. The molecule has 0 aliphatic rings. The predicted octanol–water partition coefficient (Wildman–Crippen LogP) is 3.12. The van der Waals surface area contributed by atoms with Crippen molar-refractivity contribution >= 4 is 28.7 Å². The highest BCUT2D eigenvalue weighted by Crippen LogP contribution is 2.51. The number of hydrogen-bond donors (Lipinski definition) is 0. The molecule has 2 rings (SSSR count). The number of rotatable bonds is 7. The van der Waals surface area contributed by atoms with Crippen LogP contribution in [0, 0.1) is 0 Å². The van der Waals surface area contributed by atoms with Crippen molar-refractivity contribution in [1.29, 1.82) is 0 Å². The topological polar surface area (TPSA) is 88.1 Å². The molecule has 0 N–H and O–H groups in total. The summed E-state index contributed by atoms with van der Waals surface area (Å²) in [4.78, 5) is 35.4. The molecule has 0 heterocycles. The summed E-state index contributed by atoms with van der Waals surface area (Å²) in [7, 11) is 1.28. The van der Waals surface area contributed by atoms with Crippen LogP contribution in [-0.2, 0) is 14.4 Å². The predicted molar refractivity (Wildman–Crippen MR) is 98.0 cm³/mol. The van der Waals surface area contributed by atoms with E-state index in [0.717, 1.165) is 18.2 Å². The smallest absolute Gasteiger partial charge is 0.335 e. The maximum Gasteiger partial charge on any atom is 0.335 e. The van der Waals surface area contributed by atoms with Crippen molar-refractivity contribution in [2.75, 3.05) is 7.11 Å². The molecule has 2 aromatic rings. The van der Waals surface area contributed by atoms with Gasteiger partial charge in [-0.15, -0.1) is 0 Å². The molecule has 0 atom stereocenters. The summed E-state index contributed by atoms with van der Waals surface area (Å²) in [5.74, 6) is -2.86. The first kappa shape index (κ1) is 19.5. The van der Waals surface area contributed by atoms with Gasteiger partial charge in [0.15, 0.2) is 11.5 Å². The van der Waals surface area contributed by atoms with Crippen LogP contribution in [-0.4, -0.2) is 25.0 Å². The van der Waals surface area contributed by atoms with E-state index in [1.807, 2.05) is 0 Å². The summed E-state index contributed by atoms with van der Waals surface area (Å²) < 4.78 is 21.1. The number of methoxy groups -OCH3 is 1. The molecule has 0 fully saturated rings. The van der Waals surface area contributed by atoms with E-state index in [-0.39, 0.29) is 23.0 Å². The first-order valence-corrected chi connectivity index (χ1v) is 7.62. The van der Waals surface area contributed by atoms with Gasteiger partial charge < -0.3 is 18.9 Å². The molecule has 7 nitrogen and oxygen atoms in total. The largest absolute Gasteiger partial charge is 0.490 e. The molecule has 0 aliphatic carbocycles. The van der Waals surface area contributed by atoms with Gasteiger partial charge in [0.25, 0.3) is 0 Å². The lowest BCUT2D eigenvalue weighted by Gasteiger charge is -2.19. The van der Waals surface area contributed by atoms with Gasteiger partial charge in [-0.25, -0.2) is 14.4 Å². The van der Waals surface area contributed by atoms with Crippen molar-refractivity contribution in [3.8, 4) is 23.0 Å². The van der Waals surface area contributed by atoms with Crippen LogP contribution in [0.3, 0.4) is 0 Å². The first-order chi connectivity index (χ1) is 13.0. The Bertz CT molecular complexity index is 956. The fourth-order valence-corrected chi connectivity index (χ4v) is 2.24. The average Bonchev–Trinajstić information content (AvgIpc) is 2.69. The molecule has 7 heteroatoms. The standard InChI is InChI=1S/C20H16O7/c1-5-14(21)25-17-12-10-8-9-11-13(12)18(26-15(22)6-2)20(19(17)24-4)27-16(23)7-3/h5-11H,1-3H2,4H3. The third kappa shape index (κ3) is 4.04. The van der Waals surface area contributed by atoms with Crippen molar-refractivity contribution in [3.05, 3.63) is 62.2 Å². The molecule has 0 saturated heterocycles. The zero-order chi connectivity index (χ0) is 20.0. The Kier molecular flexibility index (Phi) is 6.11. The Balaban J connectivity index is 2.90. The molecular formula is C20H16O7. The minimum absolute atomic E-state index is 0.0248. The van der Waals surface area contributed by atoms with Crippen LogP contribution in [0.5, 0.6) is 23.0 Å². The van der Waals surface area contributed by atoms with Crippen molar-refractivity contribution in [2.45, 2.75) is 0 Å². The van der Waals surface area contributed by atoms with E-state index < -0.39 is 17.9 Å². The third-order valence-electron chi connectivity index (χ3n) is 3.35. The number of ether oxygens (including phenoxy) is 4. The molecule has 0 amide bonds. The van der Waals surface area contributed by atoms with Gasteiger partial charge >= 0.3 is 17.9 Å². The Hall–Kier alpha value is -3.87. The number of esters is 3. The molecule has 0 radical (unpaired) electrons. The van der Waals surface area contributed by atoms with E-state index >= 15 is 0 Å². The minimum Gasteiger partial charge on any atom is -0.490 e. The van der Waals surface area contributed by atoms with Crippen molar-refractivity contribution in [1.82, 2.24) is 0 Å². The lowest BCUT2D eigenvalue weighted by molar-refractivity contribution is -0.131. The monoisotopic (exact) mass is 368 g/mol.